The van der Waals surface area contributed by atoms with E-state index in [0.717, 1.165) is 40.9 Å². The first-order chi connectivity index (χ1) is 15.3. The van der Waals surface area contributed by atoms with Gasteiger partial charge in [-0.15, -0.1) is 5.10 Å². The minimum Gasteiger partial charge on any atom is -0.508 e. The molecular formula is C25H28N6O. The van der Waals surface area contributed by atoms with Gasteiger partial charge in [-0.3, -0.25) is 0 Å². The van der Waals surface area contributed by atoms with Crippen LogP contribution in [0.15, 0.2) is 42.9 Å². The number of aromatic nitrogens is 3. The zero-order chi connectivity index (χ0) is 22.5. The standard InChI is InChI=1S/C25H28N6O/c1-24-7-8-25(2,30-24)12-17(11-24)31(3)22-6-9-28-29-23(22)19-5-4-18(32)10-20(19)21-15-27-14-16(21)13-26/h4-6,9-10,14-15,17,27,30,32H,7-8,11-12H2,1-3H3/t17?,24-,25+. The van der Waals surface area contributed by atoms with Gasteiger partial charge in [0.15, 0.2) is 0 Å². The van der Waals surface area contributed by atoms with Crippen LogP contribution in [0, 0.1) is 11.3 Å². The van der Waals surface area contributed by atoms with E-state index >= 15 is 0 Å². The summed E-state index contributed by atoms with van der Waals surface area (Å²) in [7, 11) is 2.14. The first-order valence-corrected chi connectivity index (χ1v) is 11.1. The van der Waals surface area contributed by atoms with Crippen LogP contribution in [0.2, 0.25) is 0 Å². The third-order valence-electron chi connectivity index (χ3n) is 7.25. The molecule has 2 saturated heterocycles. The zero-order valence-corrected chi connectivity index (χ0v) is 18.7. The van der Waals surface area contributed by atoms with E-state index in [1.807, 2.05) is 12.1 Å². The lowest BCUT2D eigenvalue weighted by Gasteiger charge is -2.46. The number of hydrogen-bond donors (Lipinski definition) is 3. The molecular weight excluding hydrogens is 400 g/mol. The Labute approximate surface area is 188 Å². The van der Waals surface area contributed by atoms with Crippen molar-refractivity contribution in [3.63, 3.8) is 0 Å². The average Bonchev–Trinajstić information content (AvgIpc) is 3.34. The van der Waals surface area contributed by atoms with Crippen molar-refractivity contribution in [2.75, 3.05) is 11.9 Å². The molecule has 0 radical (unpaired) electrons. The maximum atomic E-state index is 10.2. The Morgan fingerprint density at radius 2 is 1.84 bits per heavy atom. The molecule has 7 nitrogen and oxygen atoms in total. The van der Waals surface area contributed by atoms with Crippen LogP contribution in [-0.4, -0.2) is 44.5 Å². The highest BCUT2D eigenvalue weighted by Gasteiger charge is 2.49. The molecule has 2 fully saturated rings. The molecule has 0 amide bonds. The summed E-state index contributed by atoms with van der Waals surface area (Å²) in [6.45, 7) is 4.66. The summed E-state index contributed by atoms with van der Waals surface area (Å²) in [5.74, 6) is 0.142. The van der Waals surface area contributed by atoms with E-state index in [1.54, 1.807) is 30.7 Å². The van der Waals surface area contributed by atoms with Crippen molar-refractivity contribution in [3.8, 4) is 34.2 Å². The lowest BCUT2D eigenvalue weighted by atomic mass is 9.84. The topological polar surface area (TPSA) is 101 Å². The molecule has 3 atom stereocenters. The van der Waals surface area contributed by atoms with Crippen LogP contribution >= 0.6 is 0 Å². The predicted molar refractivity (Wildman–Crippen MR) is 124 cm³/mol. The normalized spacial score (nSPS) is 26.6. The van der Waals surface area contributed by atoms with Crippen LogP contribution in [0.1, 0.15) is 45.1 Å². The Kier molecular flexibility index (Phi) is 4.72. The molecule has 3 N–H and O–H groups in total. The largest absolute Gasteiger partial charge is 0.508 e. The Hall–Kier alpha value is -3.37. The number of phenols is 1. The number of benzene rings is 1. The van der Waals surface area contributed by atoms with Crippen LogP contribution in [0.4, 0.5) is 5.69 Å². The molecule has 1 unspecified atom stereocenters. The van der Waals surface area contributed by atoms with Gasteiger partial charge in [0.25, 0.3) is 0 Å². The SMILES string of the molecule is CN(c1ccnnc1-c1ccc(O)cc1-c1c[nH]cc1C#N)C1C[C@]2(C)CC[C@](C)(C1)N2. The molecule has 0 saturated carbocycles. The van der Waals surface area contributed by atoms with E-state index in [0.29, 0.717) is 11.6 Å². The van der Waals surface area contributed by atoms with Gasteiger partial charge in [-0.1, -0.05) is 0 Å². The number of nitrogens with zero attached hydrogens (tertiary/aromatic N) is 4. The first kappa shape index (κ1) is 20.5. The summed E-state index contributed by atoms with van der Waals surface area (Å²) >= 11 is 0. The van der Waals surface area contributed by atoms with E-state index in [9.17, 15) is 10.4 Å². The van der Waals surface area contributed by atoms with Crippen LogP contribution < -0.4 is 10.2 Å². The molecule has 164 valence electrons. The number of aromatic hydroxyl groups is 1. The fraction of sp³-hybridized carbons (Fsp3) is 0.400. The molecule has 5 rings (SSSR count). The minimum absolute atomic E-state index is 0.142. The summed E-state index contributed by atoms with van der Waals surface area (Å²) in [6, 6.07) is 9.80. The van der Waals surface area contributed by atoms with E-state index in [4.69, 9.17) is 0 Å². The fourth-order valence-electron chi connectivity index (χ4n) is 5.74. The van der Waals surface area contributed by atoms with Gasteiger partial charge in [0, 0.05) is 47.7 Å². The highest BCUT2D eigenvalue weighted by atomic mass is 16.3. The van der Waals surface area contributed by atoms with Crippen LogP contribution in [0.5, 0.6) is 5.75 Å². The van der Waals surface area contributed by atoms with Gasteiger partial charge >= 0.3 is 0 Å². The van der Waals surface area contributed by atoms with Gasteiger partial charge in [-0.25, -0.2) is 0 Å². The lowest BCUT2D eigenvalue weighted by Crippen LogP contribution is -2.58. The molecule has 32 heavy (non-hydrogen) atoms. The van der Waals surface area contributed by atoms with Gasteiger partial charge in [-0.05, 0) is 69.4 Å². The van der Waals surface area contributed by atoms with E-state index in [-0.39, 0.29) is 16.8 Å². The van der Waals surface area contributed by atoms with Gasteiger partial charge < -0.3 is 20.3 Å². The number of H-pyrrole nitrogens is 1. The summed E-state index contributed by atoms with van der Waals surface area (Å²) in [5, 5.41) is 32.3. The fourth-order valence-corrected chi connectivity index (χ4v) is 5.74. The molecule has 0 spiro atoms. The van der Waals surface area contributed by atoms with Gasteiger partial charge in [0.2, 0.25) is 0 Å². The molecule has 4 heterocycles. The molecule has 3 aromatic rings. The first-order valence-electron chi connectivity index (χ1n) is 11.1. The number of nitrogens with one attached hydrogen (secondary N) is 2. The number of phenolic OH excluding ortho intramolecular Hbond substituents is 1. The predicted octanol–water partition coefficient (Wildman–Crippen LogP) is 4.22. The van der Waals surface area contributed by atoms with Crippen LogP contribution in [0.25, 0.3) is 22.4 Å². The van der Waals surface area contributed by atoms with Crippen molar-refractivity contribution in [3.05, 3.63) is 48.4 Å². The lowest BCUT2D eigenvalue weighted by molar-refractivity contribution is 0.208. The molecule has 0 aliphatic carbocycles. The number of rotatable bonds is 4. The van der Waals surface area contributed by atoms with Crippen LogP contribution in [0.3, 0.4) is 0 Å². The van der Waals surface area contributed by atoms with Crippen molar-refractivity contribution >= 4 is 5.69 Å². The highest BCUT2D eigenvalue weighted by molar-refractivity contribution is 5.89. The number of hydrogen-bond acceptors (Lipinski definition) is 6. The van der Waals surface area contributed by atoms with Crippen LogP contribution in [-0.2, 0) is 0 Å². The quantitative estimate of drug-likeness (QED) is 0.575. The summed E-state index contributed by atoms with van der Waals surface area (Å²) < 4.78 is 0. The monoisotopic (exact) mass is 428 g/mol. The molecule has 7 heteroatoms. The van der Waals surface area contributed by atoms with Gasteiger partial charge in [0.05, 0.1) is 17.4 Å². The number of piperidine rings is 1. The summed E-state index contributed by atoms with van der Waals surface area (Å²) in [6.07, 6.45) is 9.70. The molecule has 2 aromatic heterocycles. The second kappa shape index (κ2) is 7.35. The Morgan fingerprint density at radius 3 is 2.56 bits per heavy atom. The number of fused-ring (bicyclic) bond motifs is 2. The van der Waals surface area contributed by atoms with E-state index < -0.39 is 0 Å². The third-order valence-corrected chi connectivity index (χ3v) is 7.25. The van der Waals surface area contributed by atoms with E-state index in [2.05, 4.69) is 52.4 Å². The number of nitriles is 1. The Morgan fingerprint density at radius 1 is 1.09 bits per heavy atom. The number of anilines is 1. The maximum absolute atomic E-state index is 10.2. The van der Waals surface area contributed by atoms with Crippen molar-refractivity contribution in [2.45, 2.75) is 56.7 Å². The summed E-state index contributed by atoms with van der Waals surface area (Å²) in [4.78, 5) is 5.34. The summed E-state index contributed by atoms with van der Waals surface area (Å²) in [5.41, 5.74) is 4.90. The Balaban J connectivity index is 1.59. The van der Waals surface area contributed by atoms with Gasteiger partial charge in [-0.2, -0.15) is 10.4 Å². The molecule has 1 aromatic carbocycles. The molecule has 2 aliphatic rings. The van der Waals surface area contributed by atoms with Crippen molar-refractivity contribution in [1.82, 2.24) is 20.5 Å². The van der Waals surface area contributed by atoms with Crippen molar-refractivity contribution in [1.29, 1.82) is 5.26 Å². The third kappa shape index (κ3) is 3.41. The van der Waals surface area contributed by atoms with E-state index in [1.165, 1.54) is 12.8 Å². The Bertz CT molecular complexity index is 1200. The second-order valence-corrected chi connectivity index (χ2v) is 9.81. The zero-order valence-electron chi connectivity index (χ0n) is 18.7. The maximum Gasteiger partial charge on any atom is 0.117 e. The number of aromatic amines is 1. The van der Waals surface area contributed by atoms with Gasteiger partial charge in [0.1, 0.15) is 17.5 Å². The average molecular weight is 429 g/mol. The minimum atomic E-state index is 0.142. The highest BCUT2D eigenvalue weighted by Crippen LogP contribution is 2.45. The van der Waals surface area contributed by atoms with Crippen molar-refractivity contribution < 1.29 is 5.11 Å². The molecule has 2 bridgehead atoms. The molecule has 2 aliphatic heterocycles. The smallest absolute Gasteiger partial charge is 0.117 e. The second-order valence-electron chi connectivity index (χ2n) is 9.81. The van der Waals surface area contributed by atoms with Crippen molar-refractivity contribution in [2.24, 2.45) is 0 Å².